The van der Waals surface area contributed by atoms with Gasteiger partial charge in [0.25, 0.3) is 5.91 Å². The van der Waals surface area contributed by atoms with Crippen LogP contribution in [0.1, 0.15) is 18.1 Å². The summed E-state index contributed by atoms with van der Waals surface area (Å²) in [5.41, 5.74) is 2.18. The first-order chi connectivity index (χ1) is 12.6. The van der Waals surface area contributed by atoms with Gasteiger partial charge in [-0.15, -0.1) is 0 Å². The van der Waals surface area contributed by atoms with Gasteiger partial charge in [0.05, 0.1) is 6.54 Å². The highest BCUT2D eigenvalue weighted by atomic mass is 35.5. The molecule has 0 aliphatic rings. The maximum Gasteiger partial charge on any atom is 0.261 e. The van der Waals surface area contributed by atoms with Crippen LogP contribution in [-0.4, -0.2) is 21.8 Å². The van der Waals surface area contributed by atoms with Crippen molar-refractivity contribution in [1.29, 1.82) is 0 Å². The molecular weight excluding hydrogens is 350 g/mol. The number of amides is 1. The van der Waals surface area contributed by atoms with E-state index in [9.17, 15) is 4.79 Å². The van der Waals surface area contributed by atoms with Crippen molar-refractivity contribution in [1.82, 2.24) is 15.1 Å². The van der Waals surface area contributed by atoms with Crippen LogP contribution in [0.3, 0.4) is 0 Å². The average Bonchev–Trinajstić information content (AvgIpc) is 3.16. The number of aromatic nitrogens is 2. The predicted molar refractivity (Wildman–Crippen MR) is 101 cm³/mol. The first kappa shape index (κ1) is 18.0. The number of benzene rings is 2. The van der Waals surface area contributed by atoms with Crippen molar-refractivity contribution in [3.8, 4) is 5.75 Å². The molecule has 1 unspecified atom stereocenters. The smallest absolute Gasteiger partial charge is 0.261 e. The maximum absolute atomic E-state index is 12.2. The lowest BCUT2D eigenvalue weighted by atomic mass is 10.1. The van der Waals surface area contributed by atoms with E-state index in [0.29, 0.717) is 17.3 Å². The van der Waals surface area contributed by atoms with Gasteiger partial charge in [0.2, 0.25) is 0 Å². The van der Waals surface area contributed by atoms with E-state index in [-0.39, 0.29) is 5.91 Å². The quantitative estimate of drug-likeness (QED) is 0.691. The maximum atomic E-state index is 12.2. The van der Waals surface area contributed by atoms with Crippen LogP contribution in [0.2, 0.25) is 5.02 Å². The third-order valence-corrected chi connectivity index (χ3v) is 4.14. The molecule has 0 fully saturated rings. The molecule has 0 bridgehead atoms. The molecule has 3 aromatic rings. The van der Waals surface area contributed by atoms with Crippen LogP contribution in [0.25, 0.3) is 0 Å². The molecule has 1 atom stereocenters. The molecule has 1 N–H and O–H groups in total. The second-order valence-electron chi connectivity index (χ2n) is 5.95. The largest absolute Gasteiger partial charge is 0.481 e. The van der Waals surface area contributed by atoms with Gasteiger partial charge >= 0.3 is 0 Å². The van der Waals surface area contributed by atoms with Gasteiger partial charge < -0.3 is 10.1 Å². The van der Waals surface area contributed by atoms with E-state index in [1.165, 1.54) is 0 Å². The lowest BCUT2D eigenvalue weighted by Gasteiger charge is -2.15. The zero-order valence-corrected chi connectivity index (χ0v) is 15.2. The lowest BCUT2D eigenvalue weighted by Crippen LogP contribution is -2.35. The summed E-state index contributed by atoms with van der Waals surface area (Å²) < 4.78 is 7.48. The minimum Gasteiger partial charge on any atom is -0.481 e. The molecule has 134 valence electrons. The van der Waals surface area contributed by atoms with Gasteiger partial charge in [-0.25, -0.2) is 0 Å². The van der Waals surface area contributed by atoms with Gasteiger partial charge in [-0.3, -0.25) is 9.48 Å². The number of nitrogens with one attached hydrogen (secondary N) is 1. The predicted octanol–water partition coefficient (Wildman–Crippen LogP) is 3.67. The lowest BCUT2D eigenvalue weighted by molar-refractivity contribution is -0.127. The van der Waals surface area contributed by atoms with Crippen LogP contribution < -0.4 is 10.1 Å². The molecule has 2 aromatic carbocycles. The van der Waals surface area contributed by atoms with Crippen LogP contribution in [0, 0.1) is 0 Å². The number of carbonyl (C=O) groups excluding carboxylic acids is 1. The molecule has 1 heterocycles. The Balaban J connectivity index is 1.48. The molecule has 0 spiro atoms. The van der Waals surface area contributed by atoms with E-state index >= 15 is 0 Å². The van der Waals surface area contributed by atoms with E-state index in [4.69, 9.17) is 16.3 Å². The average molecular weight is 370 g/mol. The second-order valence-corrected chi connectivity index (χ2v) is 6.39. The van der Waals surface area contributed by atoms with Gasteiger partial charge in [0, 0.05) is 24.0 Å². The zero-order valence-electron chi connectivity index (χ0n) is 14.4. The van der Waals surface area contributed by atoms with Gasteiger partial charge in [-0.05, 0) is 48.4 Å². The van der Waals surface area contributed by atoms with E-state index in [1.807, 2.05) is 41.2 Å². The number of rotatable bonds is 7. The highest BCUT2D eigenvalue weighted by Gasteiger charge is 2.14. The van der Waals surface area contributed by atoms with Crippen LogP contribution in [0.5, 0.6) is 5.75 Å². The Morgan fingerprint density at radius 3 is 2.50 bits per heavy atom. The summed E-state index contributed by atoms with van der Waals surface area (Å²) in [6.07, 6.45) is 3.10. The number of halogens is 1. The summed E-state index contributed by atoms with van der Waals surface area (Å²) in [7, 11) is 0. The monoisotopic (exact) mass is 369 g/mol. The summed E-state index contributed by atoms with van der Waals surface area (Å²) >= 11 is 5.84. The molecule has 0 saturated carbocycles. The van der Waals surface area contributed by atoms with E-state index < -0.39 is 6.10 Å². The molecule has 0 aliphatic carbocycles. The Hall–Kier alpha value is -2.79. The molecule has 1 aromatic heterocycles. The summed E-state index contributed by atoms with van der Waals surface area (Å²) in [5.74, 6) is 0.445. The van der Waals surface area contributed by atoms with Gasteiger partial charge in [-0.2, -0.15) is 5.10 Å². The number of hydrogen-bond acceptors (Lipinski definition) is 3. The molecule has 5 nitrogen and oxygen atoms in total. The zero-order chi connectivity index (χ0) is 18.4. The minimum absolute atomic E-state index is 0.166. The molecule has 6 heteroatoms. The molecule has 0 saturated heterocycles. The van der Waals surface area contributed by atoms with Crippen LogP contribution >= 0.6 is 11.6 Å². The van der Waals surface area contributed by atoms with Gasteiger partial charge in [0.15, 0.2) is 6.10 Å². The molecule has 26 heavy (non-hydrogen) atoms. The Morgan fingerprint density at radius 2 is 1.85 bits per heavy atom. The van der Waals surface area contributed by atoms with Crippen LogP contribution in [0.15, 0.2) is 67.0 Å². The molecule has 1 amide bonds. The van der Waals surface area contributed by atoms with E-state index in [2.05, 4.69) is 10.4 Å². The third-order valence-electron chi connectivity index (χ3n) is 3.89. The highest BCUT2D eigenvalue weighted by Crippen LogP contribution is 2.16. The number of hydrogen-bond donors (Lipinski definition) is 1. The van der Waals surface area contributed by atoms with Gasteiger partial charge in [0.1, 0.15) is 5.75 Å². The standard InChI is InChI=1S/C20H20ClN3O2/c1-15(26-19-9-7-18(21)8-10-19)20(25)22-13-16-3-5-17(6-4-16)14-24-12-2-11-23-24/h2-12,15H,13-14H2,1H3,(H,22,25). The molecule has 0 aliphatic heterocycles. The topological polar surface area (TPSA) is 56.1 Å². The third kappa shape index (κ3) is 5.10. The van der Waals surface area contributed by atoms with Crippen LogP contribution in [0.4, 0.5) is 0 Å². The second kappa shape index (κ2) is 8.54. The minimum atomic E-state index is -0.588. The molecule has 3 rings (SSSR count). The number of ether oxygens (including phenoxy) is 1. The van der Waals surface area contributed by atoms with Crippen molar-refractivity contribution in [2.75, 3.05) is 0 Å². The fourth-order valence-corrected chi connectivity index (χ4v) is 2.57. The summed E-state index contributed by atoms with van der Waals surface area (Å²) in [5, 5.41) is 7.71. The highest BCUT2D eigenvalue weighted by molar-refractivity contribution is 6.30. The van der Waals surface area contributed by atoms with E-state index in [0.717, 1.165) is 17.7 Å². The summed E-state index contributed by atoms with van der Waals surface area (Å²) in [6.45, 7) is 2.90. The van der Waals surface area contributed by atoms with Crippen molar-refractivity contribution in [3.63, 3.8) is 0 Å². The molecular formula is C20H20ClN3O2. The summed E-state index contributed by atoms with van der Waals surface area (Å²) in [6, 6.07) is 16.9. The van der Waals surface area contributed by atoms with Crippen molar-refractivity contribution >= 4 is 17.5 Å². The fourth-order valence-electron chi connectivity index (χ4n) is 2.45. The Morgan fingerprint density at radius 1 is 1.15 bits per heavy atom. The van der Waals surface area contributed by atoms with Crippen molar-refractivity contribution in [2.45, 2.75) is 26.1 Å². The summed E-state index contributed by atoms with van der Waals surface area (Å²) in [4.78, 5) is 12.2. The first-order valence-corrected chi connectivity index (χ1v) is 8.73. The Kier molecular flexibility index (Phi) is 5.92. The van der Waals surface area contributed by atoms with Crippen molar-refractivity contribution in [3.05, 3.63) is 83.1 Å². The molecule has 0 radical (unpaired) electrons. The van der Waals surface area contributed by atoms with Gasteiger partial charge in [-0.1, -0.05) is 35.9 Å². The SMILES string of the molecule is CC(Oc1ccc(Cl)cc1)C(=O)NCc1ccc(Cn2cccn2)cc1. The van der Waals surface area contributed by atoms with Crippen molar-refractivity contribution < 1.29 is 9.53 Å². The Labute approximate surface area is 157 Å². The van der Waals surface area contributed by atoms with Crippen molar-refractivity contribution in [2.24, 2.45) is 0 Å². The fraction of sp³-hybridized carbons (Fsp3) is 0.200. The van der Waals surface area contributed by atoms with Crippen LogP contribution in [-0.2, 0) is 17.9 Å². The Bertz CT molecular complexity index is 831. The number of carbonyl (C=O) groups is 1. The normalized spacial score (nSPS) is 11.8. The van der Waals surface area contributed by atoms with E-state index in [1.54, 1.807) is 37.4 Å². The number of nitrogens with zero attached hydrogens (tertiary/aromatic N) is 2. The first-order valence-electron chi connectivity index (χ1n) is 8.35.